The lowest BCUT2D eigenvalue weighted by Gasteiger charge is -2.29. The number of ether oxygens (including phenoxy) is 1. The lowest BCUT2D eigenvalue weighted by Crippen LogP contribution is -2.46. The second-order valence-electron chi connectivity index (χ2n) is 7.61. The molecule has 12 nitrogen and oxygen atoms in total. The van der Waals surface area contributed by atoms with Crippen LogP contribution in [0.15, 0.2) is 42.5 Å². The standard InChI is InChI=1S/C21H23N5O7/c1-13(27)14-2-7-17(8-3-14)33-18-9-4-15(5-10-18)22-21(28)24-23-19-11-6-16(25(29)30)12-20(19)26(31)32/h2-3,6-8,11-12,15,18,23H,4-5,9-10H2,1H3,(H2,22,24,28). The number of benzene rings is 2. The third kappa shape index (κ3) is 6.38. The van der Waals surface area contributed by atoms with Crippen LogP contribution in [0, 0.1) is 20.2 Å². The van der Waals surface area contributed by atoms with Crippen molar-refractivity contribution in [2.45, 2.75) is 44.8 Å². The van der Waals surface area contributed by atoms with Gasteiger partial charge in [0.15, 0.2) is 5.78 Å². The fourth-order valence-electron chi connectivity index (χ4n) is 3.52. The van der Waals surface area contributed by atoms with Crippen LogP contribution in [-0.4, -0.2) is 33.8 Å². The first kappa shape index (κ1) is 23.4. The van der Waals surface area contributed by atoms with Gasteiger partial charge in [0.1, 0.15) is 11.4 Å². The summed E-state index contributed by atoms with van der Waals surface area (Å²) in [6, 6.07) is 9.36. The first-order valence-corrected chi connectivity index (χ1v) is 10.3. The first-order valence-electron chi connectivity index (χ1n) is 10.3. The molecular weight excluding hydrogens is 434 g/mol. The van der Waals surface area contributed by atoms with Gasteiger partial charge in [0.2, 0.25) is 0 Å². The molecule has 2 aromatic rings. The average Bonchev–Trinajstić information content (AvgIpc) is 2.79. The van der Waals surface area contributed by atoms with E-state index in [1.165, 1.54) is 6.92 Å². The normalized spacial score (nSPS) is 17.5. The van der Waals surface area contributed by atoms with Crippen molar-refractivity contribution in [1.29, 1.82) is 0 Å². The van der Waals surface area contributed by atoms with Crippen LogP contribution in [0.2, 0.25) is 0 Å². The Morgan fingerprint density at radius 1 is 0.970 bits per heavy atom. The molecule has 3 rings (SSSR count). The Labute approximate surface area is 188 Å². The molecule has 0 heterocycles. The van der Waals surface area contributed by atoms with E-state index in [9.17, 15) is 29.8 Å². The lowest BCUT2D eigenvalue weighted by atomic mass is 9.93. The molecule has 1 aliphatic carbocycles. The van der Waals surface area contributed by atoms with Gasteiger partial charge in [0, 0.05) is 17.7 Å². The third-order valence-electron chi connectivity index (χ3n) is 5.27. The number of carbonyl (C=O) groups excluding carboxylic acids is 2. The van der Waals surface area contributed by atoms with Gasteiger partial charge in [-0.2, -0.15) is 0 Å². The summed E-state index contributed by atoms with van der Waals surface area (Å²) in [7, 11) is 0. The van der Waals surface area contributed by atoms with Crippen LogP contribution >= 0.6 is 0 Å². The Hall–Kier alpha value is -4.22. The Bertz CT molecular complexity index is 1050. The summed E-state index contributed by atoms with van der Waals surface area (Å²) in [6.07, 6.45) is 2.80. The van der Waals surface area contributed by atoms with Crippen molar-refractivity contribution in [3.63, 3.8) is 0 Å². The minimum Gasteiger partial charge on any atom is -0.490 e. The van der Waals surface area contributed by atoms with Gasteiger partial charge < -0.3 is 10.1 Å². The SMILES string of the molecule is CC(=O)c1ccc(OC2CCC(NC(=O)NNc3ccc([N+](=O)[O-])cc3[N+](=O)[O-])CC2)cc1. The average molecular weight is 457 g/mol. The number of nitrogens with one attached hydrogen (secondary N) is 3. The summed E-state index contributed by atoms with van der Waals surface area (Å²) in [4.78, 5) is 44.0. The highest BCUT2D eigenvalue weighted by atomic mass is 16.6. The summed E-state index contributed by atoms with van der Waals surface area (Å²) in [5.41, 5.74) is 4.34. The van der Waals surface area contributed by atoms with Gasteiger partial charge in [-0.3, -0.25) is 35.9 Å². The molecule has 0 spiro atoms. The summed E-state index contributed by atoms with van der Waals surface area (Å²) >= 11 is 0. The molecule has 0 bridgehead atoms. The van der Waals surface area contributed by atoms with Crippen molar-refractivity contribution in [2.24, 2.45) is 0 Å². The quantitative estimate of drug-likeness (QED) is 0.306. The van der Waals surface area contributed by atoms with Crippen molar-refractivity contribution in [1.82, 2.24) is 10.7 Å². The number of hydrogen-bond acceptors (Lipinski definition) is 8. The van der Waals surface area contributed by atoms with Crippen LogP contribution in [0.4, 0.5) is 21.9 Å². The number of anilines is 1. The largest absolute Gasteiger partial charge is 0.490 e. The number of nitro benzene ring substituents is 2. The van der Waals surface area contributed by atoms with Gasteiger partial charge in [-0.05, 0) is 62.9 Å². The fourth-order valence-corrected chi connectivity index (χ4v) is 3.52. The summed E-state index contributed by atoms with van der Waals surface area (Å²) in [5.74, 6) is 0.673. The van der Waals surface area contributed by atoms with Crippen LogP contribution in [0.25, 0.3) is 0 Å². The number of non-ortho nitro benzene ring substituents is 1. The van der Waals surface area contributed by atoms with Crippen LogP contribution in [0.1, 0.15) is 43.0 Å². The molecular formula is C21H23N5O7. The second-order valence-corrected chi connectivity index (χ2v) is 7.61. The summed E-state index contributed by atoms with van der Waals surface area (Å²) in [6.45, 7) is 1.50. The van der Waals surface area contributed by atoms with Crippen LogP contribution < -0.4 is 20.9 Å². The molecule has 0 unspecified atom stereocenters. The molecule has 0 aliphatic heterocycles. The molecule has 1 saturated carbocycles. The number of nitrogens with zero attached hydrogens (tertiary/aromatic N) is 2. The molecule has 3 N–H and O–H groups in total. The topological polar surface area (TPSA) is 166 Å². The van der Waals surface area contributed by atoms with Crippen LogP contribution in [0.3, 0.4) is 0 Å². The number of urea groups is 1. The van der Waals surface area contributed by atoms with Crippen molar-refractivity contribution in [2.75, 3.05) is 5.43 Å². The molecule has 12 heteroatoms. The van der Waals surface area contributed by atoms with E-state index in [0.717, 1.165) is 31.0 Å². The van der Waals surface area contributed by atoms with Gasteiger partial charge in [-0.1, -0.05) is 0 Å². The second kappa shape index (κ2) is 10.4. The van der Waals surface area contributed by atoms with E-state index in [2.05, 4.69) is 16.2 Å². The van der Waals surface area contributed by atoms with E-state index in [0.29, 0.717) is 24.2 Å². The fraction of sp³-hybridized carbons (Fsp3) is 0.333. The number of hydrogen-bond donors (Lipinski definition) is 3. The predicted molar refractivity (Wildman–Crippen MR) is 118 cm³/mol. The van der Waals surface area contributed by atoms with Gasteiger partial charge in [-0.25, -0.2) is 4.79 Å². The molecule has 0 radical (unpaired) electrons. The van der Waals surface area contributed by atoms with E-state index < -0.39 is 27.3 Å². The number of Topliss-reactive ketones (excluding diaryl/α,β-unsaturated/α-hetero) is 1. The molecule has 1 aliphatic rings. The maximum absolute atomic E-state index is 12.2. The molecule has 2 amide bonds. The number of hydrazine groups is 1. The van der Waals surface area contributed by atoms with Crippen molar-refractivity contribution >= 4 is 28.9 Å². The van der Waals surface area contributed by atoms with Crippen molar-refractivity contribution < 1.29 is 24.2 Å². The first-order chi connectivity index (χ1) is 15.7. The van der Waals surface area contributed by atoms with Gasteiger partial charge in [-0.15, -0.1) is 0 Å². The minimum atomic E-state index is -0.774. The Kier molecular flexibility index (Phi) is 7.38. The van der Waals surface area contributed by atoms with Gasteiger partial charge >= 0.3 is 11.7 Å². The molecule has 0 saturated heterocycles. The number of amides is 2. The maximum Gasteiger partial charge on any atom is 0.333 e. The molecule has 0 aromatic heterocycles. The number of nitro groups is 2. The summed E-state index contributed by atoms with van der Waals surface area (Å²) < 4.78 is 5.95. The minimum absolute atomic E-state index is 0.00447. The van der Waals surface area contributed by atoms with E-state index in [4.69, 9.17) is 4.74 Å². The highest BCUT2D eigenvalue weighted by Crippen LogP contribution is 2.28. The molecule has 33 heavy (non-hydrogen) atoms. The summed E-state index contributed by atoms with van der Waals surface area (Å²) in [5, 5.41) is 24.7. The number of rotatable bonds is 8. The number of ketones is 1. The molecule has 0 atom stereocenters. The van der Waals surface area contributed by atoms with Gasteiger partial charge in [0.05, 0.1) is 22.0 Å². The maximum atomic E-state index is 12.2. The van der Waals surface area contributed by atoms with Crippen molar-refractivity contribution in [3.8, 4) is 5.75 Å². The smallest absolute Gasteiger partial charge is 0.333 e. The number of carbonyl (C=O) groups is 2. The zero-order chi connectivity index (χ0) is 24.0. The highest BCUT2D eigenvalue weighted by Gasteiger charge is 2.24. The van der Waals surface area contributed by atoms with Gasteiger partial charge in [0.25, 0.3) is 5.69 Å². The van der Waals surface area contributed by atoms with Crippen LogP contribution in [0.5, 0.6) is 5.75 Å². The van der Waals surface area contributed by atoms with E-state index in [1.54, 1.807) is 24.3 Å². The predicted octanol–water partition coefficient (Wildman–Crippen LogP) is 3.72. The van der Waals surface area contributed by atoms with E-state index >= 15 is 0 Å². The molecule has 174 valence electrons. The monoisotopic (exact) mass is 457 g/mol. The zero-order valence-corrected chi connectivity index (χ0v) is 17.8. The molecule has 1 fully saturated rings. The van der Waals surface area contributed by atoms with E-state index in [1.807, 2.05) is 0 Å². The lowest BCUT2D eigenvalue weighted by molar-refractivity contribution is -0.393. The zero-order valence-electron chi connectivity index (χ0n) is 17.8. The highest BCUT2D eigenvalue weighted by molar-refractivity contribution is 5.94. The van der Waals surface area contributed by atoms with E-state index in [-0.39, 0.29) is 23.6 Å². The molecule has 2 aromatic carbocycles. The third-order valence-corrected chi connectivity index (χ3v) is 5.27. The Balaban J connectivity index is 1.45. The van der Waals surface area contributed by atoms with Crippen LogP contribution in [-0.2, 0) is 0 Å². The Morgan fingerprint density at radius 2 is 1.64 bits per heavy atom. The van der Waals surface area contributed by atoms with Crippen molar-refractivity contribution in [3.05, 3.63) is 68.3 Å². The Morgan fingerprint density at radius 3 is 2.21 bits per heavy atom.